The summed E-state index contributed by atoms with van der Waals surface area (Å²) < 4.78 is 5.06. The van der Waals surface area contributed by atoms with E-state index in [1.807, 2.05) is 19.1 Å². The van der Waals surface area contributed by atoms with Crippen molar-refractivity contribution in [3.8, 4) is 0 Å². The van der Waals surface area contributed by atoms with Crippen LogP contribution in [0, 0.1) is 0 Å². The van der Waals surface area contributed by atoms with Crippen molar-refractivity contribution in [2.45, 2.75) is 24.0 Å². The van der Waals surface area contributed by atoms with Crippen LogP contribution in [-0.2, 0) is 9.59 Å². The molecule has 3 aromatic rings. The summed E-state index contributed by atoms with van der Waals surface area (Å²) in [5.41, 5.74) is 1.96. The Morgan fingerprint density at radius 2 is 1.40 bits per heavy atom. The summed E-state index contributed by atoms with van der Waals surface area (Å²) in [6, 6.07) is 17.4. The van der Waals surface area contributed by atoms with Crippen molar-refractivity contribution in [3.05, 3.63) is 72.7 Å². The van der Waals surface area contributed by atoms with E-state index in [0.29, 0.717) is 17.1 Å². The van der Waals surface area contributed by atoms with E-state index in [1.165, 1.54) is 24.9 Å². The number of hydrogen-bond acceptors (Lipinski definition) is 5. The second kappa shape index (κ2) is 9.80. The van der Waals surface area contributed by atoms with E-state index in [0.717, 1.165) is 4.90 Å². The van der Waals surface area contributed by atoms with Gasteiger partial charge in [0.05, 0.1) is 11.5 Å². The van der Waals surface area contributed by atoms with Crippen molar-refractivity contribution in [2.24, 2.45) is 0 Å². The van der Waals surface area contributed by atoms with Crippen molar-refractivity contribution < 1.29 is 18.8 Å². The monoisotopic (exact) mass is 423 g/mol. The maximum Gasteiger partial charge on any atom is 0.291 e. The molecule has 3 rings (SSSR count). The SMILES string of the molecule is CC(=O)Nc1ccc(NC(=O)C(C)Sc2ccc(NC(=O)c3ccco3)cc2)cc1. The summed E-state index contributed by atoms with van der Waals surface area (Å²) >= 11 is 1.41. The van der Waals surface area contributed by atoms with E-state index in [2.05, 4.69) is 16.0 Å². The number of thioether (sulfide) groups is 1. The van der Waals surface area contributed by atoms with E-state index >= 15 is 0 Å². The van der Waals surface area contributed by atoms with Crippen LogP contribution >= 0.6 is 11.8 Å². The summed E-state index contributed by atoms with van der Waals surface area (Å²) in [7, 11) is 0. The van der Waals surface area contributed by atoms with Crippen molar-refractivity contribution in [1.82, 2.24) is 0 Å². The van der Waals surface area contributed by atoms with Crippen LogP contribution in [0.25, 0.3) is 0 Å². The van der Waals surface area contributed by atoms with Crippen LogP contribution in [0.15, 0.2) is 76.2 Å². The largest absolute Gasteiger partial charge is 0.459 e. The molecule has 2 aromatic carbocycles. The van der Waals surface area contributed by atoms with Gasteiger partial charge in [-0.3, -0.25) is 14.4 Å². The van der Waals surface area contributed by atoms with Gasteiger partial charge in [0, 0.05) is 28.9 Å². The molecule has 1 atom stereocenters. The third-order valence-corrected chi connectivity index (χ3v) is 5.12. The number of nitrogens with one attached hydrogen (secondary N) is 3. The average molecular weight is 423 g/mol. The number of hydrogen-bond donors (Lipinski definition) is 3. The van der Waals surface area contributed by atoms with Gasteiger partial charge >= 0.3 is 0 Å². The molecule has 0 aliphatic rings. The molecule has 3 N–H and O–H groups in total. The highest BCUT2D eigenvalue weighted by molar-refractivity contribution is 8.00. The smallest absolute Gasteiger partial charge is 0.291 e. The summed E-state index contributed by atoms with van der Waals surface area (Å²) in [5, 5.41) is 7.95. The number of furan rings is 1. The van der Waals surface area contributed by atoms with Crippen molar-refractivity contribution in [3.63, 3.8) is 0 Å². The summed E-state index contributed by atoms with van der Waals surface area (Å²) in [5.74, 6) is -0.368. The maximum atomic E-state index is 12.5. The van der Waals surface area contributed by atoms with Gasteiger partial charge < -0.3 is 20.4 Å². The van der Waals surface area contributed by atoms with E-state index in [4.69, 9.17) is 4.42 Å². The lowest BCUT2D eigenvalue weighted by Crippen LogP contribution is -2.22. The Bertz CT molecular complexity index is 1020. The van der Waals surface area contributed by atoms with Gasteiger partial charge in [0.25, 0.3) is 5.91 Å². The molecule has 0 aliphatic carbocycles. The molecule has 30 heavy (non-hydrogen) atoms. The molecule has 0 fully saturated rings. The van der Waals surface area contributed by atoms with Crippen LogP contribution in [0.2, 0.25) is 0 Å². The number of benzene rings is 2. The molecule has 0 bridgehead atoms. The number of carbonyl (C=O) groups is 3. The summed E-state index contributed by atoms with van der Waals surface area (Å²) in [6.45, 7) is 3.26. The van der Waals surface area contributed by atoms with Crippen LogP contribution in [0.1, 0.15) is 24.4 Å². The molecule has 0 aliphatic heterocycles. The molecule has 7 nitrogen and oxygen atoms in total. The predicted molar refractivity (Wildman–Crippen MR) is 118 cm³/mol. The molecule has 1 aromatic heterocycles. The molecule has 0 spiro atoms. The Hall–Kier alpha value is -3.52. The third-order valence-electron chi connectivity index (χ3n) is 4.01. The first-order valence-electron chi connectivity index (χ1n) is 9.21. The topological polar surface area (TPSA) is 100 Å². The lowest BCUT2D eigenvalue weighted by molar-refractivity contribution is -0.115. The standard InChI is InChI=1S/C22H21N3O4S/c1-14(21(27)24-17-7-5-16(6-8-17)23-15(2)26)30-19-11-9-18(10-12-19)25-22(28)20-4-3-13-29-20/h3-14H,1-2H3,(H,23,26)(H,24,27)(H,25,28). The number of carbonyl (C=O) groups excluding carboxylic acids is 3. The van der Waals surface area contributed by atoms with Crippen LogP contribution in [-0.4, -0.2) is 23.0 Å². The molecule has 8 heteroatoms. The molecular formula is C22H21N3O4S. The van der Waals surface area contributed by atoms with Gasteiger partial charge in [0.15, 0.2) is 5.76 Å². The maximum absolute atomic E-state index is 12.5. The lowest BCUT2D eigenvalue weighted by Gasteiger charge is -2.13. The predicted octanol–water partition coefficient (Wildman–Crippen LogP) is 4.61. The minimum absolute atomic E-state index is 0.137. The second-order valence-corrected chi connectivity index (χ2v) is 7.88. The number of amides is 3. The molecular weight excluding hydrogens is 402 g/mol. The highest BCUT2D eigenvalue weighted by Gasteiger charge is 2.15. The first kappa shape index (κ1) is 21.2. The fraction of sp³-hybridized carbons (Fsp3) is 0.136. The van der Waals surface area contributed by atoms with Gasteiger partial charge in [-0.25, -0.2) is 0 Å². The molecule has 1 heterocycles. The highest BCUT2D eigenvalue weighted by atomic mass is 32.2. The average Bonchev–Trinajstić information content (AvgIpc) is 3.25. The van der Waals surface area contributed by atoms with Gasteiger partial charge in [0.2, 0.25) is 11.8 Å². The zero-order chi connectivity index (χ0) is 21.5. The summed E-state index contributed by atoms with van der Waals surface area (Å²) in [6.07, 6.45) is 1.44. The highest BCUT2D eigenvalue weighted by Crippen LogP contribution is 2.26. The zero-order valence-electron chi connectivity index (χ0n) is 16.5. The van der Waals surface area contributed by atoms with E-state index in [9.17, 15) is 14.4 Å². The van der Waals surface area contributed by atoms with Crippen LogP contribution < -0.4 is 16.0 Å². The normalized spacial score (nSPS) is 11.4. The quantitative estimate of drug-likeness (QED) is 0.482. The summed E-state index contributed by atoms with van der Waals surface area (Å²) in [4.78, 5) is 36.4. The van der Waals surface area contributed by atoms with Crippen molar-refractivity contribution in [2.75, 3.05) is 16.0 Å². The third kappa shape index (κ3) is 5.99. The fourth-order valence-electron chi connectivity index (χ4n) is 2.56. The number of rotatable bonds is 7. The van der Waals surface area contributed by atoms with Gasteiger partial charge in [-0.1, -0.05) is 0 Å². The second-order valence-electron chi connectivity index (χ2n) is 6.46. The van der Waals surface area contributed by atoms with Crippen LogP contribution in [0.4, 0.5) is 17.1 Å². The Morgan fingerprint density at radius 1 is 0.833 bits per heavy atom. The molecule has 0 saturated heterocycles. The molecule has 1 unspecified atom stereocenters. The van der Waals surface area contributed by atoms with Crippen LogP contribution in [0.5, 0.6) is 0 Å². The van der Waals surface area contributed by atoms with Gasteiger partial charge in [-0.05, 0) is 67.6 Å². The first-order chi connectivity index (χ1) is 14.4. The van der Waals surface area contributed by atoms with E-state index in [-0.39, 0.29) is 28.7 Å². The van der Waals surface area contributed by atoms with Gasteiger partial charge in [-0.2, -0.15) is 0 Å². The van der Waals surface area contributed by atoms with Gasteiger partial charge in [-0.15, -0.1) is 11.8 Å². The first-order valence-corrected chi connectivity index (χ1v) is 10.1. The fourth-order valence-corrected chi connectivity index (χ4v) is 3.43. The van der Waals surface area contributed by atoms with Crippen molar-refractivity contribution in [1.29, 1.82) is 0 Å². The van der Waals surface area contributed by atoms with Gasteiger partial charge in [0.1, 0.15) is 0 Å². The molecule has 0 radical (unpaired) electrons. The molecule has 154 valence electrons. The Kier molecular flexibility index (Phi) is 6.92. The Morgan fingerprint density at radius 3 is 1.97 bits per heavy atom. The molecule has 3 amide bonds. The van der Waals surface area contributed by atoms with Crippen LogP contribution in [0.3, 0.4) is 0 Å². The van der Waals surface area contributed by atoms with Crippen molar-refractivity contribution >= 4 is 46.5 Å². The van der Waals surface area contributed by atoms with E-state index < -0.39 is 0 Å². The lowest BCUT2D eigenvalue weighted by atomic mass is 10.2. The van der Waals surface area contributed by atoms with E-state index in [1.54, 1.807) is 48.5 Å². The molecule has 0 saturated carbocycles. The Balaban J connectivity index is 1.52. The minimum atomic E-state index is -0.330. The zero-order valence-corrected chi connectivity index (χ0v) is 17.3. The number of anilines is 3. The Labute approximate surface area is 178 Å². The minimum Gasteiger partial charge on any atom is -0.459 e.